The summed E-state index contributed by atoms with van der Waals surface area (Å²) in [6.45, 7) is 3.52. The lowest BCUT2D eigenvalue weighted by atomic mass is 10.0. The Morgan fingerprint density at radius 1 is 1.18 bits per heavy atom. The fraction of sp³-hybridized carbons (Fsp3) is 0.500. The molecule has 1 N–H and O–H groups in total. The number of alkyl halides is 2. The molecule has 1 rings (SSSR count). The molecule has 0 aliphatic heterocycles. The van der Waals surface area contributed by atoms with Gasteiger partial charge in [-0.1, -0.05) is 19.1 Å². The Balaban J connectivity index is 3.06. The molecular formula is C12H15F4N. The Morgan fingerprint density at radius 3 is 2.35 bits per heavy atom. The molecule has 0 aliphatic rings. The predicted octanol–water partition coefficient (Wildman–Crippen LogP) is 3.58. The second-order valence-electron chi connectivity index (χ2n) is 3.87. The first-order valence-corrected chi connectivity index (χ1v) is 5.45. The van der Waals surface area contributed by atoms with Crippen molar-refractivity contribution in [2.45, 2.75) is 32.7 Å². The van der Waals surface area contributed by atoms with Crippen molar-refractivity contribution < 1.29 is 17.6 Å². The largest absolute Gasteiger partial charge is 0.305 e. The van der Waals surface area contributed by atoms with Gasteiger partial charge in [-0.05, 0) is 25.5 Å². The summed E-state index contributed by atoms with van der Waals surface area (Å²) in [5, 5.41) is 2.52. The van der Waals surface area contributed by atoms with E-state index in [0.29, 0.717) is 13.0 Å². The number of hydrogen-bond acceptors (Lipinski definition) is 1. The Bertz CT molecular complexity index is 379. The van der Waals surface area contributed by atoms with Gasteiger partial charge in [0.25, 0.3) is 6.43 Å². The van der Waals surface area contributed by atoms with Crippen molar-refractivity contribution in [3.8, 4) is 0 Å². The van der Waals surface area contributed by atoms with E-state index >= 15 is 0 Å². The summed E-state index contributed by atoms with van der Waals surface area (Å²) in [4.78, 5) is 0. The van der Waals surface area contributed by atoms with Crippen LogP contribution in [0.1, 0.15) is 30.5 Å². The van der Waals surface area contributed by atoms with E-state index in [0.717, 1.165) is 0 Å². The zero-order valence-corrected chi connectivity index (χ0v) is 9.74. The first-order valence-electron chi connectivity index (χ1n) is 5.45. The molecule has 0 radical (unpaired) electrons. The van der Waals surface area contributed by atoms with E-state index in [2.05, 4.69) is 5.32 Å². The predicted molar refractivity (Wildman–Crippen MR) is 58.1 cm³/mol. The fourth-order valence-electron chi connectivity index (χ4n) is 1.54. The highest BCUT2D eigenvalue weighted by atomic mass is 19.3. The highest BCUT2D eigenvalue weighted by molar-refractivity contribution is 5.28. The lowest BCUT2D eigenvalue weighted by Gasteiger charge is -2.19. The number of aryl methyl sites for hydroxylation is 1. The minimum absolute atomic E-state index is 0.106. The quantitative estimate of drug-likeness (QED) is 0.786. The molecule has 0 saturated carbocycles. The van der Waals surface area contributed by atoms with Gasteiger partial charge in [0.05, 0.1) is 6.04 Å². The minimum atomic E-state index is -2.78. The summed E-state index contributed by atoms with van der Waals surface area (Å²) in [6, 6.07) is 1.04. The van der Waals surface area contributed by atoms with Crippen molar-refractivity contribution in [1.82, 2.24) is 5.32 Å². The number of halogens is 4. The van der Waals surface area contributed by atoms with Crippen molar-refractivity contribution in [2.24, 2.45) is 0 Å². The molecule has 1 nitrogen and oxygen atoms in total. The molecule has 1 aromatic carbocycles. The Labute approximate surface area is 97.8 Å². The maximum Gasteiger partial charge on any atom is 0.257 e. The van der Waals surface area contributed by atoms with E-state index in [-0.39, 0.29) is 11.1 Å². The fourth-order valence-corrected chi connectivity index (χ4v) is 1.54. The third-order valence-corrected chi connectivity index (χ3v) is 2.51. The van der Waals surface area contributed by atoms with Gasteiger partial charge in [-0.25, -0.2) is 17.6 Å². The number of nitrogens with one attached hydrogen (secondary N) is 1. The van der Waals surface area contributed by atoms with Crippen LogP contribution < -0.4 is 5.32 Å². The van der Waals surface area contributed by atoms with E-state index in [1.54, 1.807) is 0 Å². The second-order valence-corrected chi connectivity index (χ2v) is 3.87. The van der Waals surface area contributed by atoms with Gasteiger partial charge in [0.2, 0.25) is 0 Å². The van der Waals surface area contributed by atoms with Crippen LogP contribution in [0.3, 0.4) is 0 Å². The molecule has 17 heavy (non-hydrogen) atoms. The van der Waals surface area contributed by atoms with Crippen molar-refractivity contribution in [2.75, 3.05) is 6.54 Å². The first-order chi connectivity index (χ1) is 7.99. The molecular weight excluding hydrogens is 234 g/mol. The van der Waals surface area contributed by atoms with Crippen LogP contribution in [0.2, 0.25) is 0 Å². The molecule has 0 bridgehead atoms. The minimum Gasteiger partial charge on any atom is -0.305 e. The maximum atomic E-state index is 13.6. The van der Waals surface area contributed by atoms with Crippen LogP contribution in [0, 0.1) is 18.6 Å². The van der Waals surface area contributed by atoms with Gasteiger partial charge in [-0.3, -0.25) is 0 Å². The van der Waals surface area contributed by atoms with Crippen molar-refractivity contribution >= 4 is 0 Å². The normalized spacial score (nSPS) is 13.1. The molecule has 5 heteroatoms. The number of rotatable bonds is 5. The molecule has 0 amide bonds. The molecule has 0 saturated heterocycles. The molecule has 0 heterocycles. The lowest BCUT2D eigenvalue weighted by molar-refractivity contribution is 0.0964. The monoisotopic (exact) mass is 249 g/mol. The molecule has 1 atom stereocenters. The van der Waals surface area contributed by atoms with E-state index in [1.165, 1.54) is 19.1 Å². The van der Waals surface area contributed by atoms with Gasteiger partial charge < -0.3 is 5.32 Å². The van der Waals surface area contributed by atoms with Crippen molar-refractivity contribution in [3.63, 3.8) is 0 Å². The number of hydrogen-bond donors (Lipinski definition) is 1. The van der Waals surface area contributed by atoms with Gasteiger partial charge in [0.1, 0.15) is 0 Å². The van der Waals surface area contributed by atoms with E-state index in [4.69, 9.17) is 0 Å². The van der Waals surface area contributed by atoms with Gasteiger partial charge in [-0.15, -0.1) is 0 Å². The molecule has 0 fully saturated rings. The van der Waals surface area contributed by atoms with Gasteiger partial charge in [0.15, 0.2) is 11.6 Å². The Morgan fingerprint density at radius 2 is 1.82 bits per heavy atom. The topological polar surface area (TPSA) is 12.0 Å². The summed E-state index contributed by atoms with van der Waals surface area (Å²) in [5.41, 5.74) is -0.216. The molecule has 1 unspecified atom stereocenters. The molecule has 1 aromatic rings. The Kier molecular flexibility index (Phi) is 4.93. The van der Waals surface area contributed by atoms with Crippen LogP contribution >= 0.6 is 0 Å². The maximum absolute atomic E-state index is 13.6. The zero-order valence-electron chi connectivity index (χ0n) is 9.74. The molecule has 96 valence electrons. The van der Waals surface area contributed by atoms with E-state index in [9.17, 15) is 17.6 Å². The lowest BCUT2D eigenvalue weighted by Crippen LogP contribution is -2.29. The third kappa shape index (κ3) is 3.19. The summed E-state index contributed by atoms with van der Waals surface area (Å²) in [7, 11) is 0. The summed E-state index contributed by atoms with van der Waals surface area (Å²) >= 11 is 0. The number of benzene rings is 1. The summed E-state index contributed by atoms with van der Waals surface area (Å²) < 4.78 is 52.4. The molecule has 0 aromatic heterocycles. The van der Waals surface area contributed by atoms with Crippen LogP contribution in [-0.2, 0) is 0 Å². The second kappa shape index (κ2) is 6.00. The van der Waals surface area contributed by atoms with E-state index in [1.807, 2.05) is 6.92 Å². The highest BCUT2D eigenvalue weighted by Gasteiger charge is 2.26. The SMILES string of the molecule is CCCNC(c1ccc(C)c(F)c1F)C(F)F. The first kappa shape index (κ1) is 14.0. The summed E-state index contributed by atoms with van der Waals surface area (Å²) in [5.74, 6) is -2.26. The van der Waals surface area contributed by atoms with Crippen LogP contribution in [-0.4, -0.2) is 13.0 Å². The zero-order chi connectivity index (χ0) is 13.0. The van der Waals surface area contributed by atoms with Crippen molar-refractivity contribution in [1.29, 1.82) is 0 Å². The van der Waals surface area contributed by atoms with Crippen LogP contribution in [0.5, 0.6) is 0 Å². The van der Waals surface area contributed by atoms with E-state index < -0.39 is 24.1 Å². The highest BCUT2D eigenvalue weighted by Crippen LogP contribution is 2.26. The average Bonchev–Trinajstić information content (AvgIpc) is 2.28. The van der Waals surface area contributed by atoms with Gasteiger partial charge in [0, 0.05) is 5.56 Å². The van der Waals surface area contributed by atoms with Crippen LogP contribution in [0.15, 0.2) is 12.1 Å². The molecule has 0 spiro atoms. The summed E-state index contributed by atoms with van der Waals surface area (Å²) in [6.07, 6.45) is -2.14. The van der Waals surface area contributed by atoms with Gasteiger partial charge in [-0.2, -0.15) is 0 Å². The molecule has 0 aliphatic carbocycles. The van der Waals surface area contributed by atoms with Crippen molar-refractivity contribution in [3.05, 3.63) is 34.9 Å². The van der Waals surface area contributed by atoms with Crippen LogP contribution in [0.4, 0.5) is 17.6 Å². The Hall–Kier alpha value is -1.10. The average molecular weight is 249 g/mol. The van der Waals surface area contributed by atoms with Crippen LogP contribution in [0.25, 0.3) is 0 Å². The van der Waals surface area contributed by atoms with Gasteiger partial charge >= 0.3 is 0 Å². The third-order valence-electron chi connectivity index (χ3n) is 2.51. The standard InChI is InChI=1S/C12H15F4N/c1-3-6-17-11(12(15)16)8-5-4-7(2)9(13)10(8)14/h4-5,11-12,17H,3,6H2,1-2H3. The smallest absolute Gasteiger partial charge is 0.257 e.